The Morgan fingerprint density at radius 1 is 0.333 bits per heavy atom. The van der Waals surface area contributed by atoms with E-state index in [2.05, 4.69) is 38.3 Å². The van der Waals surface area contributed by atoms with Crippen LogP contribution in [0.15, 0.2) is 0 Å². The molecule has 0 aliphatic rings. The molecule has 0 saturated carbocycles. The lowest BCUT2D eigenvalue weighted by atomic mass is 10.1. The summed E-state index contributed by atoms with van der Waals surface area (Å²) >= 11 is 2.74. The summed E-state index contributed by atoms with van der Waals surface area (Å²) in [6.45, 7) is 11.2. The van der Waals surface area contributed by atoms with Crippen LogP contribution in [0.2, 0.25) is 0 Å². The molecule has 0 spiro atoms. The van der Waals surface area contributed by atoms with Crippen LogP contribution < -0.4 is 22.1 Å². The summed E-state index contributed by atoms with van der Waals surface area (Å²) in [6, 6.07) is -1.62. The average molecular weight is 1430 g/mol. The van der Waals surface area contributed by atoms with E-state index in [-0.39, 0.29) is 140 Å². The third-order valence-corrected chi connectivity index (χ3v) is 19.1. The first-order valence-electron chi connectivity index (χ1n) is 37.8. The molecule has 2 amide bonds. The molecule has 0 heterocycles. The maximum Gasteiger partial charge on any atom is 0.697 e. The summed E-state index contributed by atoms with van der Waals surface area (Å²) in [5, 5.41) is 5.54. The van der Waals surface area contributed by atoms with E-state index < -0.39 is 32.5 Å². The zero-order chi connectivity index (χ0) is 70.3. The molecule has 0 radical (unpaired) electrons. The van der Waals surface area contributed by atoms with Crippen molar-refractivity contribution in [1.82, 2.24) is 10.6 Å². The van der Waals surface area contributed by atoms with Gasteiger partial charge in [-0.25, -0.2) is 0 Å². The number of unbranched alkanes of at least 4 members (excludes halogenated alkanes) is 32. The van der Waals surface area contributed by atoms with E-state index in [4.69, 9.17) is 58.4 Å². The van der Waals surface area contributed by atoms with Crippen molar-refractivity contribution in [3.8, 4) is 0 Å². The number of carbonyl (C=O) groups excluding carboxylic acids is 6. The SMILES string of the molecule is CCCCCCCCCCCC(=O)OC[C@H](CSC[C@H](N)C(=O)NCCOCCOCCO[P+](=O)OCCOCCOCCNC(=O)[C@@H](N)CSC[C@@H](COC(=O)CCCCCCCCCCC)OC(=O)CCCCCCCCCCC)OC(=O)CCCCCCCCCCC. The van der Waals surface area contributed by atoms with Crippen LogP contribution in [-0.2, 0) is 80.3 Å². The average Bonchev–Trinajstić information content (AvgIpc) is 3.78. The van der Waals surface area contributed by atoms with E-state index >= 15 is 0 Å². The highest BCUT2D eigenvalue weighted by atomic mass is 32.2. The first kappa shape index (κ1) is 93.3. The number of thioether (sulfide) groups is 2. The topological polar surface area (TPSA) is 288 Å². The zero-order valence-corrected chi connectivity index (χ0v) is 63.2. The minimum atomic E-state index is -2.38. The van der Waals surface area contributed by atoms with Crippen molar-refractivity contribution in [2.24, 2.45) is 11.5 Å². The molecule has 4 atom stereocenters. The van der Waals surface area contributed by atoms with Gasteiger partial charge in [0, 0.05) is 66.3 Å². The van der Waals surface area contributed by atoms with Crippen molar-refractivity contribution < 1.29 is 80.3 Å². The van der Waals surface area contributed by atoms with Crippen molar-refractivity contribution in [1.29, 1.82) is 0 Å². The monoisotopic (exact) mass is 1430 g/mol. The molecule has 0 aliphatic heterocycles. The molecule has 0 bridgehead atoms. The fourth-order valence-corrected chi connectivity index (χ4v) is 12.6. The second-order valence-electron chi connectivity index (χ2n) is 25.1. The fourth-order valence-electron chi connectivity index (χ4n) is 10.1. The van der Waals surface area contributed by atoms with E-state index in [0.717, 1.165) is 77.0 Å². The van der Waals surface area contributed by atoms with Gasteiger partial charge in [-0.15, -0.1) is 9.05 Å². The van der Waals surface area contributed by atoms with E-state index in [1.54, 1.807) is 0 Å². The number of hydrogen-bond donors (Lipinski definition) is 4. The van der Waals surface area contributed by atoms with Crippen LogP contribution in [0.1, 0.15) is 285 Å². The van der Waals surface area contributed by atoms with Gasteiger partial charge in [-0.05, 0) is 25.7 Å². The quantitative estimate of drug-likeness (QED) is 0.0190. The Labute approximate surface area is 591 Å². The zero-order valence-electron chi connectivity index (χ0n) is 60.7. The molecule has 0 aliphatic carbocycles. The maximum absolute atomic E-state index is 12.8. The summed E-state index contributed by atoms with van der Waals surface area (Å²) in [5.41, 5.74) is 12.4. The van der Waals surface area contributed by atoms with E-state index in [9.17, 15) is 33.3 Å². The van der Waals surface area contributed by atoms with Gasteiger partial charge in [0.15, 0.2) is 0 Å². The van der Waals surface area contributed by atoms with E-state index in [1.807, 2.05) is 0 Å². The highest BCUT2D eigenvalue weighted by Crippen LogP contribution is 2.23. The largest absolute Gasteiger partial charge is 0.697 e. The van der Waals surface area contributed by atoms with Crippen molar-refractivity contribution in [3.05, 3.63) is 0 Å². The Balaban J connectivity index is 4.30. The minimum Gasteiger partial charge on any atom is -0.462 e. The second kappa shape index (κ2) is 73.5. The van der Waals surface area contributed by atoms with Gasteiger partial charge in [-0.3, -0.25) is 28.8 Å². The first-order valence-corrected chi connectivity index (χ1v) is 41.2. The lowest BCUT2D eigenvalue weighted by molar-refractivity contribution is -0.157. The predicted octanol–water partition coefficient (Wildman–Crippen LogP) is 14.7. The number of ether oxygens (including phenoxy) is 8. The molecule has 0 aromatic rings. The van der Waals surface area contributed by atoms with Crippen LogP contribution in [0.5, 0.6) is 0 Å². The third-order valence-electron chi connectivity index (χ3n) is 16.0. The molecule has 0 fully saturated rings. The Kier molecular flexibility index (Phi) is 71.5. The van der Waals surface area contributed by atoms with Crippen molar-refractivity contribution in [3.63, 3.8) is 0 Å². The van der Waals surface area contributed by atoms with Gasteiger partial charge < -0.3 is 60.0 Å². The van der Waals surface area contributed by atoms with Crippen molar-refractivity contribution >= 4 is 67.5 Å². The molecular formula is C72H138N4O17PS2+. The van der Waals surface area contributed by atoms with Crippen LogP contribution in [0.25, 0.3) is 0 Å². The lowest BCUT2D eigenvalue weighted by Crippen LogP contribution is -2.43. The van der Waals surface area contributed by atoms with Crippen LogP contribution in [0, 0.1) is 0 Å². The Hall–Kier alpha value is -2.70. The summed E-state index contributed by atoms with van der Waals surface area (Å²) in [7, 11) is -2.38. The molecule has 0 rings (SSSR count). The number of carbonyl (C=O) groups is 6. The highest BCUT2D eigenvalue weighted by Gasteiger charge is 2.23. The number of nitrogens with one attached hydrogen (secondary N) is 2. The predicted molar refractivity (Wildman–Crippen MR) is 388 cm³/mol. The molecule has 564 valence electrons. The van der Waals surface area contributed by atoms with Crippen LogP contribution in [0.4, 0.5) is 0 Å². The Morgan fingerprint density at radius 2 is 0.583 bits per heavy atom. The van der Waals surface area contributed by atoms with Gasteiger partial charge in [-0.2, -0.15) is 23.5 Å². The second-order valence-corrected chi connectivity index (χ2v) is 28.2. The minimum absolute atomic E-state index is 0.0325. The number of nitrogens with two attached hydrogens (primary N) is 2. The summed E-state index contributed by atoms with van der Waals surface area (Å²) in [6.07, 6.45) is 41.3. The number of hydrogen-bond acceptors (Lipinski definition) is 21. The normalized spacial score (nSPS) is 12.6. The molecule has 21 nitrogen and oxygen atoms in total. The third kappa shape index (κ3) is 67.1. The summed E-state index contributed by atoms with van der Waals surface area (Å²) in [4.78, 5) is 76.3. The van der Waals surface area contributed by atoms with Crippen molar-refractivity contribution in [2.45, 2.75) is 309 Å². The molecule has 0 aromatic heterocycles. The van der Waals surface area contributed by atoms with E-state index in [0.29, 0.717) is 37.2 Å². The number of amides is 2. The molecule has 6 N–H and O–H groups in total. The number of rotatable bonds is 76. The van der Waals surface area contributed by atoms with Crippen molar-refractivity contribution in [2.75, 3.05) is 115 Å². The molecule has 96 heavy (non-hydrogen) atoms. The van der Waals surface area contributed by atoms with Gasteiger partial charge in [-0.1, -0.05) is 233 Å². The molecule has 0 aromatic carbocycles. The molecular weight excluding hydrogens is 1290 g/mol. The molecule has 24 heteroatoms. The van der Waals surface area contributed by atoms with Crippen LogP contribution >= 0.6 is 31.8 Å². The van der Waals surface area contributed by atoms with Crippen LogP contribution in [-0.4, -0.2) is 175 Å². The molecule has 0 saturated heterocycles. The summed E-state index contributed by atoms with van der Waals surface area (Å²) < 4.78 is 67.2. The van der Waals surface area contributed by atoms with Gasteiger partial charge in [0.2, 0.25) is 11.8 Å². The summed E-state index contributed by atoms with van der Waals surface area (Å²) in [5.74, 6) is -0.663. The Morgan fingerprint density at radius 3 is 0.875 bits per heavy atom. The maximum atomic E-state index is 12.8. The van der Waals surface area contributed by atoms with Gasteiger partial charge >= 0.3 is 32.1 Å². The highest BCUT2D eigenvalue weighted by molar-refractivity contribution is 7.99. The van der Waals surface area contributed by atoms with E-state index in [1.165, 1.54) is 178 Å². The lowest BCUT2D eigenvalue weighted by Gasteiger charge is -2.19. The van der Waals surface area contributed by atoms with Crippen LogP contribution in [0.3, 0.4) is 0 Å². The van der Waals surface area contributed by atoms with Gasteiger partial charge in [0.05, 0.1) is 64.9 Å². The number of esters is 4. The smallest absolute Gasteiger partial charge is 0.462 e. The van der Waals surface area contributed by atoms with Gasteiger partial charge in [0.1, 0.15) is 38.6 Å². The standard InChI is InChI=1S/C72H137N4O17PS2/c1-5-9-13-17-21-25-29-33-37-41-67(77)88-57-63(92-69(79)43-39-35-31-27-23-19-15-11-7-3)59-95-61-65(73)71(81)75-45-47-84-49-51-86-53-55-90-94(83)91-56-54-87-52-50-85-48-46-76-72(82)66(74)62-96-60-64(93-70(80)44-40-36-32-28-24-20-16-12-8-4)58-89-68(78)42-38-34-30-26-22-18-14-10-6-2/h63-66H,5-62,73-74H2,1-4H3,(H-,75,76,81,82)/p+1/t63-,64-,65+,66+/m1/s1. The molecule has 0 unspecified atom stereocenters. The van der Waals surface area contributed by atoms with Gasteiger partial charge in [0.25, 0.3) is 0 Å². The Bertz CT molecular complexity index is 1710. The first-order chi connectivity index (χ1) is 46.9. The fraction of sp³-hybridized carbons (Fsp3) is 0.917.